The summed E-state index contributed by atoms with van der Waals surface area (Å²) in [4.78, 5) is 18.1. The number of hydrogen-bond acceptors (Lipinski definition) is 7. The molecule has 1 fully saturated rings. The number of pyridine rings is 1. The van der Waals surface area contributed by atoms with Crippen molar-refractivity contribution in [2.24, 2.45) is 0 Å². The monoisotopic (exact) mass is 383 g/mol. The average molecular weight is 384 g/mol. The Bertz CT molecular complexity index is 853. The average Bonchev–Trinajstić information content (AvgIpc) is 2.72. The van der Waals surface area contributed by atoms with Crippen molar-refractivity contribution in [3.63, 3.8) is 0 Å². The van der Waals surface area contributed by atoms with Gasteiger partial charge in [-0.15, -0.1) is 0 Å². The standard InChI is InChI=1S/C19H21N5S2/c1-25-26-18(16-6-5-15-4-2-7-20-17(15)14-16)23-10-12-24(13-11-23)19-21-8-3-9-22-19/h2-9,14,18H,10-13H2,1H3. The van der Waals surface area contributed by atoms with E-state index in [4.69, 9.17) is 0 Å². The minimum atomic E-state index is 0.329. The van der Waals surface area contributed by atoms with Crippen LogP contribution in [0, 0.1) is 0 Å². The van der Waals surface area contributed by atoms with Gasteiger partial charge in [0.1, 0.15) is 0 Å². The predicted molar refractivity (Wildman–Crippen MR) is 111 cm³/mol. The van der Waals surface area contributed by atoms with Crippen LogP contribution in [0.25, 0.3) is 10.9 Å². The molecule has 5 nitrogen and oxygen atoms in total. The first-order valence-electron chi connectivity index (χ1n) is 8.65. The molecule has 1 aliphatic rings. The van der Waals surface area contributed by atoms with Crippen LogP contribution in [0.5, 0.6) is 0 Å². The zero-order valence-corrected chi connectivity index (χ0v) is 16.3. The van der Waals surface area contributed by atoms with Crippen LogP contribution in [0.15, 0.2) is 55.0 Å². The molecule has 1 aliphatic heterocycles. The molecule has 26 heavy (non-hydrogen) atoms. The van der Waals surface area contributed by atoms with Crippen molar-refractivity contribution in [2.75, 3.05) is 37.3 Å². The van der Waals surface area contributed by atoms with E-state index >= 15 is 0 Å². The molecule has 0 spiro atoms. The molecular formula is C19H21N5S2. The number of aromatic nitrogens is 3. The largest absolute Gasteiger partial charge is 0.338 e. The van der Waals surface area contributed by atoms with E-state index in [0.717, 1.165) is 37.6 Å². The second kappa shape index (κ2) is 8.24. The minimum absolute atomic E-state index is 0.329. The highest BCUT2D eigenvalue weighted by atomic mass is 33.1. The predicted octanol–water partition coefficient (Wildman–Crippen LogP) is 3.86. The molecule has 0 radical (unpaired) electrons. The molecule has 0 aliphatic carbocycles. The molecular weight excluding hydrogens is 362 g/mol. The number of nitrogens with zero attached hydrogens (tertiary/aromatic N) is 5. The molecule has 2 aromatic heterocycles. The Labute approximate surface area is 161 Å². The Balaban J connectivity index is 1.51. The molecule has 134 valence electrons. The molecule has 1 aromatic carbocycles. The lowest BCUT2D eigenvalue weighted by Crippen LogP contribution is -2.47. The summed E-state index contributed by atoms with van der Waals surface area (Å²) in [6, 6.07) is 12.6. The first kappa shape index (κ1) is 17.6. The van der Waals surface area contributed by atoms with Gasteiger partial charge in [0.2, 0.25) is 5.95 Å². The van der Waals surface area contributed by atoms with Gasteiger partial charge >= 0.3 is 0 Å². The topological polar surface area (TPSA) is 45.2 Å². The molecule has 3 aromatic rings. The summed E-state index contributed by atoms with van der Waals surface area (Å²) in [6.07, 6.45) is 7.62. The van der Waals surface area contributed by atoms with Crippen molar-refractivity contribution in [1.82, 2.24) is 19.9 Å². The zero-order chi connectivity index (χ0) is 17.8. The van der Waals surface area contributed by atoms with Crippen molar-refractivity contribution in [3.8, 4) is 0 Å². The number of piperazine rings is 1. The van der Waals surface area contributed by atoms with Crippen LogP contribution >= 0.6 is 21.6 Å². The van der Waals surface area contributed by atoms with Crippen LogP contribution in [-0.4, -0.2) is 52.3 Å². The highest BCUT2D eigenvalue weighted by Crippen LogP contribution is 2.40. The Morgan fingerprint density at radius 1 is 0.923 bits per heavy atom. The summed E-state index contributed by atoms with van der Waals surface area (Å²) in [5.41, 5.74) is 2.38. The fourth-order valence-electron chi connectivity index (χ4n) is 3.27. The second-order valence-corrected chi connectivity index (χ2v) is 8.69. The minimum Gasteiger partial charge on any atom is -0.338 e. The lowest BCUT2D eigenvalue weighted by atomic mass is 10.1. The van der Waals surface area contributed by atoms with Gasteiger partial charge in [0.05, 0.1) is 10.9 Å². The van der Waals surface area contributed by atoms with E-state index in [9.17, 15) is 0 Å². The normalized spacial score (nSPS) is 16.7. The lowest BCUT2D eigenvalue weighted by molar-refractivity contribution is 0.243. The van der Waals surface area contributed by atoms with E-state index in [0.29, 0.717) is 5.37 Å². The first-order valence-corrected chi connectivity index (χ1v) is 11.3. The Morgan fingerprint density at radius 2 is 1.69 bits per heavy atom. The van der Waals surface area contributed by atoms with Crippen molar-refractivity contribution in [3.05, 3.63) is 60.6 Å². The van der Waals surface area contributed by atoms with E-state index in [1.807, 2.05) is 52.3 Å². The maximum atomic E-state index is 4.52. The van der Waals surface area contributed by atoms with Crippen molar-refractivity contribution >= 4 is 38.4 Å². The summed E-state index contributed by atoms with van der Waals surface area (Å²) in [7, 11) is 3.72. The van der Waals surface area contributed by atoms with E-state index in [1.165, 1.54) is 10.9 Å². The number of anilines is 1. The van der Waals surface area contributed by atoms with Crippen LogP contribution < -0.4 is 4.90 Å². The number of benzene rings is 1. The van der Waals surface area contributed by atoms with Gasteiger partial charge in [-0.3, -0.25) is 9.88 Å². The smallest absolute Gasteiger partial charge is 0.225 e. The molecule has 3 heterocycles. The zero-order valence-electron chi connectivity index (χ0n) is 14.7. The van der Waals surface area contributed by atoms with Gasteiger partial charge in [-0.25, -0.2) is 9.97 Å². The van der Waals surface area contributed by atoms with Crippen molar-refractivity contribution < 1.29 is 0 Å². The summed E-state index contributed by atoms with van der Waals surface area (Å²) in [6.45, 7) is 3.88. The number of rotatable bonds is 5. The van der Waals surface area contributed by atoms with Gasteiger partial charge in [0, 0.05) is 50.2 Å². The molecule has 1 unspecified atom stereocenters. The highest BCUT2D eigenvalue weighted by Gasteiger charge is 2.26. The van der Waals surface area contributed by atoms with Gasteiger partial charge in [-0.05, 0) is 30.0 Å². The van der Waals surface area contributed by atoms with Crippen molar-refractivity contribution in [2.45, 2.75) is 5.37 Å². The van der Waals surface area contributed by atoms with Gasteiger partial charge in [-0.2, -0.15) is 0 Å². The Kier molecular flexibility index (Phi) is 5.57. The fourth-order valence-corrected chi connectivity index (χ4v) is 5.28. The van der Waals surface area contributed by atoms with Gasteiger partial charge in [0.15, 0.2) is 0 Å². The van der Waals surface area contributed by atoms with E-state index in [1.54, 1.807) is 0 Å². The quantitative estimate of drug-likeness (QED) is 0.620. The molecule has 1 saturated heterocycles. The van der Waals surface area contributed by atoms with E-state index < -0.39 is 0 Å². The van der Waals surface area contributed by atoms with E-state index in [-0.39, 0.29) is 0 Å². The molecule has 4 rings (SSSR count). The van der Waals surface area contributed by atoms with Gasteiger partial charge in [0.25, 0.3) is 0 Å². The summed E-state index contributed by atoms with van der Waals surface area (Å²) >= 11 is 0. The SMILES string of the molecule is CSSC(c1ccc2cccnc2c1)N1CCN(c2ncccn2)CC1. The molecule has 7 heteroatoms. The molecule has 0 saturated carbocycles. The number of hydrogen-bond donors (Lipinski definition) is 0. The van der Waals surface area contributed by atoms with Crippen molar-refractivity contribution in [1.29, 1.82) is 0 Å². The van der Waals surface area contributed by atoms with Crippen LogP contribution in [-0.2, 0) is 0 Å². The maximum absolute atomic E-state index is 4.52. The van der Waals surface area contributed by atoms with E-state index in [2.05, 4.69) is 55.3 Å². The van der Waals surface area contributed by atoms with Crippen LogP contribution in [0.3, 0.4) is 0 Å². The third-order valence-electron chi connectivity index (χ3n) is 4.58. The summed E-state index contributed by atoms with van der Waals surface area (Å²) in [5, 5.41) is 1.52. The Hall–Kier alpha value is -1.83. The summed E-state index contributed by atoms with van der Waals surface area (Å²) in [5.74, 6) is 0.830. The second-order valence-electron chi connectivity index (χ2n) is 6.14. The molecule has 1 atom stereocenters. The van der Waals surface area contributed by atoms with Crippen LogP contribution in [0.4, 0.5) is 5.95 Å². The van der Waals surface area contributed by atoms with Crippen LogP contribution in [0.1, 0.15) is 10.9 Å². The van der Waals surface area contributed by atoms with Gasteiger partial charge < -0.3 is 4.90 Å². The number of fused-ring (bicyclic) bond motifs is 1. The molecule has 0 bridgehead atoms. The maximum Gasteiger partial charge on any atom is 0.225 e. The third-order valence-corrected chi connectivity index (χ3v) is 6.65. The summed E-state index contributed by atoms with van der Waals surface area (Å²) < 4.78 is 0. The third kappa shape index (κ3) is 3.79. The lowest BCUT2D eigenvalue weighted by Gasteiger charge is -2.38. The Morgan fingerprint density at radius 3 is 2.46 bits per heavy atom. The highest BCUT2D eigenvalue weighted by molar-refractivity contribution is 8.76. The molecule has 0 N–H and O–H groups in total. The fraction of sp³-hybridized carbons (Fsp3) is 0.316. The van der Waals surface area contributed by atoms with Crippen LogP contribution in [0.2, 0.25) is 0 Å². The van der Waals surface area contributed by atoms with Gasteiger partial charge in [-0.1, -0.05) is 39.8 Å². The first-order chi connectivity index (χ1) is 12.8. The molecule has 0 amide bonds.